The van der Waals surface area contributed by atoms with Gasteiger partial charge in [-0.25, -0.2) is 4.98 Å². The molecule has 0 saturated carbocycles. The second-order valence-electron chi connectivity index (χ2n) is 4.39. The first-order valence-electron chi connectivity index (χ1n) is 6.08. The maximum atomic E-state index is 5.41. The molecule has 88 valence electrons. The Morgan fingerprint density at radius 1 is 1.18 bits per heavy atom. The summed E-state index contributed by atoms with van der Waals surface area (Å²) in [5.74, 6) is 0.901. The standard InChI is InChI=1S/C14H16N2O/c1-17-14-9-5-4-8-13(14)16-10-15-11-6-2-3-7-12(11)16/h4-5,8-10H,2-3,6-7H2,1H3. The summed E-state index contributed by atoms with van der Waals surface area (Å²) in [6.45, 7) is 0. The predicted molar refractivity (Wildman–Crippen MR) is 66.8 cm³/mol. The van der Waals surface area contributed by atoms with E-state index in [0.29, 0.717) is 0 Å². The van der Waals surface area contributed by atoms with Gasteiger partial charge in [0.25, 0.3) is 0 Å². The van der Waals surface area contributed by atoms with Crippen LogP contribution >= 0.6 is 0 Å². The van der Waals surface area contributed by atoms with E-state index in [1.165, 1.54) is 24.2 Å². The summed E-state index contributed by atoms with van der Waals surface area (Å²) in [6, 6.07) is 8.10. The third-order valence-corrected chi connectivity index (χ3v) is 3.37. The minimum atomic E-state index is 0.901. The molecule has 1 aromatic carbocycles. The molecular weight excluding hydrogens is 212 g/mol. The highest BCUT2D eigenvalue weighted by atomic mass is 16.5. The van der Waals surface area contributed by atoms with E-state index in [1.807, 2.05) is 24.5 Å². The van der Waals surface area contributed by atoms with Crippen LogP contribution < -0.4 is 4.74 Å². The lowest BCUT2D eigenvalue weighted by Crippen LogP contribution is -2.07. The van der Waals surface area contributed by atoms with E-state index >= 15 is 0 Å². The maximum absolute atomic E-state index is 5.41. The number of aryl methyl sites for hydroxylation is 1. The number of hydrogen-bond donors (Lipinski definition) is 0. The minimum Gasteiger partial charge on any atom is -0.495 e. The molecule has 0 atom stereocenters. The molecule has 3 rings (SSSR count). The van der Waals surface area contributed by atoms with Crippen molar-refractivity contribution < 1.29 is 4.74 Å². The van der Waals surface area contributed by atoms with Crippen LogP contribution in [-0.2, 0) is 12.8 Å². The molecule has 0 saturated heterocycles. The number of rotatable bonds is 2. The zero-order valence-electron chi connectivity index (χ0n) is 10.0. The van der Waals surface area contributed by atoms with Crippen LogP contribution in [0.25, 0.3) is 5.69 Å². The van der Waals surface area contributed by atoms with E-state index in [9.17, 15) is 0 Å². The Morgan fingerprint density at radius 2 is 2.00 bits per heavy atom. The number of nitrogens with zero attached hydrogens (tertiary/aromatic N) is 2. The van der Waals surface area contributed by atoms with Crippen molar-refractivity contribution in [2.75, 3.05) is 7.11 Å². The molecule has 3 heteroatoms. The zero-order chi connectivity index (χ0) is 11.7. The second-order valence-corrected chi connectivity index (χ2v) is 4.39. The molecule has 1 aliphatic rings. The van der Waals surface area contributed by atoms with Gasteiger partial charge in [-0.05, 0) is 37.8 Å². The monoisotopic (exact) mass is 228 g/mol. The van der Waals surface area contributed by atoms with E-state index in [2.05, 4.69) is 15.6 Å². The maximum Gasteiger partial charge on any atom is 0.142 e. The van der Waals surface area contributed by atoms with Crippen molar-refractivity contribution in [3.63, 3.8) is 0 Å². The van der Waals surface area contributed by atoms with Gasteiger partial charge >= 0.3 is 0 Å². The van der Waals surface area contributed by atoms with E-state index < -0.39 is 0 Å². The lowest BCUT2D eigenvalue weighted by atomic mass is 10.0. The molecule has 2 aromatic rings. The number of fused-ring (bicyclic) bond motifs is 1. The molecule has 0 aliphatic heterocycles. The van der Waals surface area contributed by atoms with Gasteiger partial charge in [-0.2, -0.15) is 0 Å². The lowest BCUT2D eigenvalue weighted by molar-refractivity contribution is 0.412. The first-order valence-corrected chi connectivity index (χ1v) is 6.08. The van der Waals surface area contributed by atoms with Gasteiger partial charge in [0.1, 0.15) is 5.75 Å². The van der Waals surface area contributed by atoms with Crippen LogP contribution in [0, 0.1) is 0 Å². The highest BCUT2D eigenvalue weighted by molar-refractivity contribution is 5.48. The van der Waals surface area contributed by atoms with Gasteiger partial charge in [-0.1, -0.05) is 12.1 Å². The van der Waals surface area contributed by atoms with Gasteiger partial charge in [-0.3, -0.25) is 4.57 Å². The number of benzene rings is 1. The van der Waals surface area contributed by atoms with Crippen molar-refractivity contribution in [2.24, 2.45) is 0 Å². The molecule has 0 unspecified atom stereocenters. The van der Waals surface area contributed by atoms with Crippen LogP contribution in [0.4, 0.5) is 0 Å². The minimum absolute atomic E-state index is 0.901. The Labute approximate surface area is 101 Å². The van der Waals surface area contributed by atoms with E-state index in [4.69, 9.17) is 4.74 Å². The van der Waals surface area contributed by atoms with Crippen LogP contribution in [0.5, 0.6) is 5.75 Å². The fourth-order valence-electron chi connectivity index (χ4n) is 2.51. The predicted octanol–water partition coefficient (Wildman–Crippen LogP) is 2.76. The normalized spacial score (nSPS) is 14.4. The van der Waals surface area contributed by atoms with Crippen LogP contribution in [0.2, 0.25) is 0 Å². The Hall–Kier alpha value is -1.77. The van der Waals surface area contributed by atoms with Crippen molar-refractivity contribution in [1.82, 2.24) is 9.55 Å². The summed E-state index contributed by atoms with van der Waals surface area (Å²) in [4.78, 5) is 4.52. The molecular formula is C14H16N2O. The molecule has 0 radical (unpaired) electrons. The molecule has 0 N–H and O–H groups in total. The summed E-state index contributed by atoms with van der Waals surface area (Å²) in [6.07, 6.45) is 6.67. The SMILES string of the molecule is COc1ccccc1-n1cnc2c1CCCC2. The first kappa shape index (κ1) is 10.4. The van der Waals surface area contributed by atoms with Crippen LogP contribution in [-0.4, -0.2) is 16.7 Å². The van der Waals surface area contributed by atoms with Crippen molar-refractivity contribution >= 4 is 0 Å². The van der Waals surface area contributed by atoms with Crippen molar-refractivity contribution in [3.8, 4) is 11.4 Å². The number of hydrogen-bond acceptors (Lipinski definition) is 2. The molecule has 0 fully saturated rings. The van der Waals surface area contributed by atoms with Crippen molar-refractivity contribution in [3.05, 3.63) is 42.0 Å². The number of ether oxygens (including phenoxy) is 1. The van der Waals surface area contributed by atoms with Crippen molar-refractivity contribution in [1.29, 1.82) is 0 Å². The van der Waals surface area contributed by atoms with Gasteiger partial charge in [0.05, 0.1) is 24.8 Å². The van der Waals surface area contributed by atoms with E-state index in [0.717, 1.165) is 24.3 Å². The van der Waals surface area contributed by atoms with Crippen LogP contribution in [0.15, 0.2) is 30.6 Å². The largest absolute Gasteiger partial charge is 0.495 e. The van der Waals surface area contributed by atoms with Gasteiger partial charge in [0.2, 0.25) is 0 Å². The number of para-hydroxylation sites is 2. The highest BCUT2D eigenvalue weighted by Gasteiger charge is 2.17. The summed E-state index contributed by atoms with van der Waals surface area (Å²) < 4.78 is 7.59. The lowest BCUT2D eigenvalue weighted by Gasteiger charge is -2.15. The van der Waals surface area contributed by atoms with Crippen LogP contribution in [0.1, 0.15) is 24.2 Å². The van der Waals surface area contributed by atoms with Crippen LogP contribution in [0.3, 0.4) is 0 Å². The zero-order valence-corrected chi connectivity index (χ0v) is 10.0. The summed E-state index contributed by atoms with van der Waals surface area (Å²) in [7, 11) is 1.71. The van der Waals surface area contributed by atoms with E-state index in [-0.39, 0.29) is 0 Å². The molecule has 1 heterocycles. The molecule has 0 bridgehead atoms. The number of aromatic nitrogens is 2. The average Bonchev–Trinajstić information content (AvgIpc) is 2.82. The van der Waals surface area contributed by atoms with Gasteiger partial charge in [0, 0.05) is 5.69 Å². The fraction of sp³-hybridized carbons (Fsp3) is 0.357. The Kier molecular flexibility index (Phi) is 2.59. The third-order valence-electron chi connectivity index (χ3n) is 3.37. The van der Waals surface area contributed by atoms with Gasteiger partial charge < -0.3 is 4.74 Å². The first-order chi connectivity index (χ1) is 8.40. The molecule has 1 aromatic heterocycles. The molecule has 0 amide bonds. The quantitative estimate of drug-likeness (QED) is 0.790. The molecule has 3 nitrogen and oxygen atoms in total. The van der Waals surface area contributed by atoms with E-state index in [1.54, 1.807) is 7.11 Å². The second kappa shape index (κ2) is 4.24. The molecule has 1 aliphatic carbocycles. The summed E-state index contributed by atoms with van der Waals surface area (Å²) in [5.41, 5.74) is 3.69. The Bertz CT molecular complexity index is 531. The van der Waals surface area contributed by atoms with Crippen molar-refractivity contribution in [2.45, 2.75) is 25.7 Å². The summed E-state index contributed by atoms with van der Waals surface area (Å²) >= 11 is 0. The average molecular weight is 228 g/mol. The number of imidazole rings is 1. The Balaban J connectivity index is 2.12. The van der Waals surface area contributed by atoms with Gasteiger partial charge in [0.15, 0.2) is 0 Å². The third kappa shape index (κ3) is 1.71. The highest BCUT2D eigenvalue weighted by Crippen LogP contribution is 2.27. The molecule has 0 spiro atoms. The number of methoxy groups -OCH3 is 1. The molecule has 17 heavy (non-hydrogen) atoms. The Morgan fingerprint density at radius 3 is 2.88 bits per heavy atom. The smallest absolute Gasteiger partial charge is 0.142 e. The topological polar surface area (TPSA) is 27.1 Å². The fourth-order valence-corrected chi connectivity index (χ4v) is 2.51. The summed E-state index contributed by atoms with van der Waals surface area (Å²) in [5, 5.41) is 0. The van der Waals surface area contributed by atoms with Gasteiger partial charge in [-0.15, -0.1) is 0 Å².